The van der Waals surface area contributed by atoms with Crippen LogP contribution >= 0.6 is 27.5 Å². The molecule has 0 fully saturated rings. The molecule has 2 aromatic rings. The first-order valence-corrected chi connectivity index (χ1v) is 8.04. The molecule has 100 valence electrons. The minimum absolute atomic E-state index is 0.613. The highest BCUT2D eigenvalue weighted by Crippen LogP contribution is 2.20. The van der Waals surface area contributed by atoms with Crippen LogP contribution < -0.4 is 0 Å². The molecule has 0 amide bonds. The molecule has 0 aliphatic carbocycles. The zero-order valence-electron chi connectivity index (χ0n) is 11.1. The monoisotopic (exact) mass is 336 g/mol. The maximum Gasteiger partial charge on any atom is 0.0406 e. The minimum Gasteiger partial charge on any atom is -0.0925 e. The van der Waals surface area contributed by atoms with Crippen LogP contribution in [-0.2, 0) is 12.8 Å². The molecular weight excluding hydrogens is 320 g/mol. The Kier molecular flexibility index (Phi) is 5.47. The molecule has 0 spiro atoms. The van der Waals surface area contributed by atoms with Crippen LogP contribution in [0.15, 0.2) is 48.5 Å². The molecule has 1 unspecified atom stereocenters. The molecule has 0 saturated heterocycles. The van der Waals surface area contributed by atoms with Gasteiger partial charge in [0.25, 0.3) is 0 Å². The van der Waals surface area contributed by atoms with Gasteiger partial charge in [-0.15, -0.1) is 0 Å². The van der Waals surface area contributed by atoms with E-state index in [4.69, 9.17) is 11.6 Å². The average molecular weight is 338 g/mol. The zero-order chi connectivity index (χ0) is 13.7. The minimum atomic E-state index is 0.613. The van der Waals surface area contributed by atoms with Crippen LogP contribution in [0.5, 0.6) is 0 Å². The molecule has 0 aliphatic rings. The van der Waals surface area contributed by atoms with E-state index in [1.807, 2.05) is 12.1 Å². The molecule has 0 radical (unpaired) electrons. The first kappa shape index (κ1) is 14.6. The van der Waals surface area contributed by atoms with Gasteiger partial charge in [-0.25, -0.2) is 0 Å². The molecule has 0 nitrogen and oxygen atoms in total. The number of halogens is 2. The third-order valence-corrected chi connectivity index (χ3v) is 4.59. The van der Waals surface area contributed by atoms with E-state index < -0.39 is 0 Å². The molecule has 19 heavy (non-hydrogen) atoms. The van der Waals surface area contributed by atoms with Crippen molar-refractivity contribution in [2.45, 2.75) is 19.8 Å². The van der Waals surface area contributed by atoms with Gasteiger partial charge in [-0.05, 0) is 54.5 Å². The fourth-order valence-electron chi connectivity index (χ4n) is 2.29. The average Bonchev–Trinajstić information content (AvgIpc) is 2.43. The summed E-state index contributed by atoms with van der Waals surface area (Å²) >= 11 is 9.57. The second-order valence-electron chi connectivity index (χ2n) is 4.98. The van der Waals surface area contributed by atoms with Gasteiger partial charge in [-0.3, -0.25) is 0 Å². The van der Waals surface area contributed by atoms with Crippen LogP contribution in [0.4, 0.5) is 0 Å². The smallest absolute Gasteiger partial charge is 0.0406 e. The Balaban J connectivity index is 2.05. The fourth-order valence-corrected chi connectivity index (χ4v) is 2.87. The number of hydrogen-bond acceptors (Lipinski definition) is 0. The van der Waals surface area contributed by atoms with Gasteiger partial charge in [0.15, 0.2) is 0 Å². The van der Waals surface area contributed by atoms with Crippen molar-refractivity contribution in [3.8, 4) is 0 Å². The lowest BCUT2D eigenvalue weighted by molar-refractivity contribution is 0.589. The van der Waals surface area contributed by atoms with Crippen LogP contribution in [0.1, 0.15) is 16.7 Å². The third kappa shape index (κ3) is 4.36. The van der Waals surface area contributed by atoms with E-state index >= 15 is 0 Å². The number of benzene rings is 2. The van der Waals surface area contributed by atoms with Crippen LogP contribution in [0, 0.1) is 12.8 Å². The lowest BCUT2D eigenvalue weighted by Gasteiger charge is -2.16. The van der Waals surface area contributed by atoms with E-state index in [-0.39, 0.29) is 0 Å². The highest BCUT2D eigenvalue weighted by atomic mass is 79.9. The molecule has 2 aromatic carbocycles. The second-order valence-corrected chi connectivity index (χ2v) is 6.07. The Morgan fingerprint density at radius 1 is 1.00 bits per heavy atom. The van der Waals surface area contributed by atoms with E-state index in [2.05, 4.69) is 59.3 Å². The summed E-state index contributed by atoms with van der Waals surface area (Å²) in [4.78, 5) is 0. The molecule has 0 aliphatic heterocycles. The van der Waals surface area contributed by atoms with E-state index in [1.165, 1.54) is 16.7 Å². The van der Waals surface area contributed by atoms with Crippen molar-refractivity contribution in [3.05, 3.63) is 70.2 Å². The molecule has 0 N–H and O–H groups in total. The summed E-state index contributed by atoms with van der Waals surface area (Å²) in [7, 11) is 0. The lowest BCUT2D eigenvalue weighted by atomic mass is 9.92. The van der Waals surface area contributed by atoms with E-state index in [0.717, 1.165) is 23.2 Å². The van der Waals surface area contributed by atoms with E-state index in [0.29, 0.717) is 5.92 Å². The van der Waals surface area contributed by atoms with Gasteiger partial charge in [0.2, 0.25) is 0 Å². The fraction of sp³-hybridized carbons (Fsp3) is 0.294. The Labute approximate surface area is 128 Å². The van der Waals surface area contributed by atoms with Crippen molar-refractivity contribution in [1.82, 2.24) is 0 Å². The van der Waals surface area contributed by atoms with Crippen molar-refractivity contribution in [2.24, 2.45) is 5.92 Å². The van der Waals surface area contributed by atoms with Crippen LogP contribution in [0.25, 0.3) is 0 Å². The quantitative estimate of drug-likeness (QED) is 0.637. The van der Waals surface area contributed by atoms with Gasteiger partial charge in [0.05, 0.1) is 0 Å². The van der Waals surface area contributed by atoms with Crippen molar-refractivity contribution >= 4 is 27.5 Å². The first-order valence-electron chi connectivity index (χ1n) is 6.54. The Bertz CT molecular complexity index is 519. The molecule has 2 heteroatoms. The standard InChI is InChI=1S/C17H18BrCl/c1-13-4-2-3-5-16(13)11-15(12-18)10-14-6-8-17(19)9-7-14/h2-9,15H,10-12H2,1H3. The summed E-state index contributed by atoms with van der Waals surface area (Å²) in [6, 6.07) is 16.8. The largest absolute Gasteiger partial charge is 0.0925 e. The molecule has 0 heterocycles. The first-order chi connectivity index (χ1) is 9.19. The summed E-state index contributed by atoms with van der Waals surface area (Å²) in [5.41, 5.74) is 4.17. The van der Waals surface area contributed by atoms with Crippen molar-refractivity contribution in [1.29, 1.82) is 0 Å². The lowest BCUT2D eigenvalue weighted by Crippen LogP contribution is -2.10. The SMILES string of the molecule is Cc1ccccc1CC(CBr)Cc1ccc(Cl)cc1. The van der Waals surface area contributed by atoms with Gasteiger partial charge in [0.1, 0.15) is 0 Å². The predicted molar refractivity (Wildman–Crippen MR) is 87.3 cm³/mol. The van der Waals surface area contributed by atoms with Crippen molar-refractivity contribution < 1.29 is 0 Å². The number of hydrogen-bond donors (Lipinski definition) is 0. The van der Waals surface area contributed by atoms with Crippen LogP contribution in [0.3, 0.4) is 0 Å². The normalized spacial score (nSPS) is 12.4. The summed E-state index contributed by atoms with van der Waals surface area (Å²) < 4.78 is 0. The number of rotatable bonds is 5. The maximum atomic E-state index is 5.92. The summed E-state index contributed by atoms with van der Waals surface area (Å²) in [6.45, 7) is 2.18. The van der Waals surface area contributed by atoms with Gasteiger partial charge < -0.3 is 0 Å². The van der Waals surface area contributed by atoms with Crippen LogP contribution in [0.2, 0.25) is 5.02 Å². The summed E-state index contributed by atoms with van der Waals surface area (Å²) in [5.74, 6) is 0.613. The summed E-state index contributed by atoms with van der Waals surface area (Å²) in [5, 5.41) is 1.82. The molecule has 0 aromatic heterocycles. The van der Waals surface area contributed by atoms with Gasteiger partial charge in [-0.2, -0.15) is 0 Å². The Hall–Kier alpha value is -0.790. The van der Waals surface area contributed by atoms with E-state index in [1.54, 1.807) is 0 Å². The van der Waals surface area contributed by atoms with Crippen LogP contribution in [-0.4, -0.2) is 5.33 Å². The topological polar surface area (TPSA) is 0 Å². The van der Waals surface area contributed by atoms with E-state index in [9.17, 15) is 0 Å². The summed E-state index contributed by atoms with van der Waals surface area (Å²) in [6.07, 6.45) is 2.19. The maximum absolute atomic E-state index is 5.92. The zero-order valence-corrected chi connectivity index (χ0v) is 13.4. The highest BCUT2D eigenvalue weighted by molar-refractivity contribution is 9.09. The van der Waals surface area contributed by atoms with Gasteiger partial charge in [0, 0.05) is 10.4 Å². The number of aryl methyl sites for hydroxylation is 1. The Morgan fingerprint density at radius 3 is 2.32 bits per heavy atom. The highest BCUT2D eigenvalue weighted by Gasteiger charge is 2.10. The molecule has 2 rings (SSSR count). The number of alkyl halides is 1. The molecule has 0 bridgehead atoms. The second kappa shape index (κ2) is 7.12. The Morgan fingerprint density at radius 2 is 1.68 bits per heavy atom. The van der Waals surface area contributed by atoms with Crippen molar-refractivity contribution in [3.63, 3.8) is 0 Å². The van der Waals surface area contributed by atoms with Gasteiger partial charge in [-0.1, -0.05) is 63.9 Å². The van der Waals surface area contributed by atoms with Crippen molar-refractivity contribution in [2.75, 3.05) is 5.33 Å². The molecule has 1 atom stereocenters. The van der Waals surface area contributed by atoms with Gasteiger partial charge >= 0.3 is 0 Å². The predicted octanol–water partition coefficient (Wildman–Crippen LogP) is 5.44. The molecular formula is C17H18BrCl. The molecule has 0 saturated carbocycles. The third-order valence-electron chi connectivity index (χ3n) is 3.43.